The number of rotatable bonds is 2. The van der Waals surface area contributed by atoms with E-state index in [9.17, 15) is 9.50 Å². The van der Waals surface area contributed by atoms with Gasteiger partial charge in [0, 0.05) is 6.42 Å². The van der Waals surface area contributed by atoms with Crippen LogP contribution in [0.2, 0.25) is 0 Å². The molecule has 0 saturated heterocycles. The van der Waals surface area contributed by atoms with Gasteiger partial charge in [0.05, 0.1) is 10.1 Å². The normalized spacial score (nSPS) is 21.7. The maximum absolute atomic E-state index is 13.7. The molecule has 21 heavy (non-hydrogen) atoms. The highest BCUT2D eigenvalue weighted by atomic mass is 79.9. The van der Waals surface area contributed by atoms with E-state index >= 15 is 0 Å². The highest BCUT2D eigenvalue weighted by Gasteiger charge is 2.33. The van der Waals surface area contributed by atoms with Crippen LogP contribution in [0, 0.1) is 5.82 Å². The van der Waals surface area contributed by atoms with E-state index in [2.05, 4.69) is 22.0 Å². The number of benzene rings is 2. The van der Waals surface area contributed by atoms with Crippen LogP contribution in [-0.4, -0.2) is 5.11 Å². The minimum absolute atomic E-state index is 0.280. The van der Waals surface area contributed by atoms with Crippen molar-refractivity contribution < 1.29 is 9.50 Å². The third-order valence-electron chi connectivity index (χ3n) is 4.32. The summed E-state index contributed by atoms with van der Waals surface area (Å²) < 4.78 is 14.2. The number of hydrogen-bond acceptors (Lipinski definition) is 1. The zero-order chi connectivity index (χ0) is 14.9. The highest BCUT2D eigenvalue weighted by molar-refractivity contribution is 9.10. The maximum atomic E-state index is 13.7. The van der Waals surface area contributed by atoms with E-state index in [1.165, 1.54) is 11.6 Å². The van der Waals surface area contributed by atoms with Crippen molar-refractivity contribution in [2.45, 2.75) is 37.7 Å². The predicted molar refractivity (Wildman–Crippen MR) is 85.7 cm³/mol. The Balaban J connectivity index is 2.02. The molecule has 2 aromatic rings. The maximum Gasteiger partial charge on any atom is 0.137 e. The van der Waals surface area contributed by atoms with Crippen molar-refractivity contribution in [1.82, 2.24) is 0 Å². The van der Waals surface area contributed by atoms with Crippen LogP contribution in [0.3, 0.4) is 0 Å². The van der Waals surface area contributed by atoms with E-state index in [-0.39, 0.29) is 5.82 Å². The molecule has 0 saturated carbocycles. The van der Waals surface area contributed by atoms with E-state index in [0.717, 1.165) is 30.4 Å². The Labute approximate surface area is 132 Å². The second-order valence-electron chi connectivity index (χ2n) is 5.79. The number of fused-ring (bicyclic) bond motifs is 1. The lowest BCUT2D eigenvalue weighted by Crippen LogP contribution is -2.29. The fraction of sp³-hybridized carbons (Fsp3) is 0.333. The summed E-state index contributed by atoms with van der Waals surface area (Å²) in [6, 6.07) is 13.1. The van der Waals surface area contributed by atoms with E-state index in [0.29, 0.717) is 17.3 Å². The average molecular weight is 349 g/mol. The minimum Gasteiger partial charge on any atom is -0.385 e. The van der Waals surface area contributed by atoms with Crippen LogP contribution in [0.4, 0.5) is 4.39 Å². The van der Waals surface area contributed by atoms with Crippen molar-refractivity contribution >= 4 is 15.9 Å². The second-order valence-corrected chi connectivity index (χ2v) is 6.58. The van der Waals surface area contributed by atoms with E-state index < -0.39 is 5.60 Å². The molecule has 0 aromatic heterocycles. The van der Waals surface area contributed by atoms with Gasteiger partial charge in [-0.1, -0.05) is 36.4 Å². The number of halogens is 2. The smallest absolute Gasteiger partial charge is 0.137 e. The lowest BCUT2D eigenvalue weighted by atomic mass is 9.83. The van der Waals surface area contributed by atoms with Gasteiger partial charge in [0.25, 0.3) is 0 Å². The Bertz CT molecular complexity index is 655. The second kappa shape index (κ2) is 5.90. The molecule has 1 nitrogen and oxygen atoms in total. The van der Waals surface area contributed by atoms with Crippen molar-refractivity contribution in [2.24, 2.45) is 0 Å². The Morgan fingerprint density at radius 1 is 1.10 bits per heavy atom. The summed E-state index contributed by atoms with van der Waals surface area (Å²) in [5.74, 6) is -0.280. The molecule has 0 bridgehead atoms. The largest absolute Gasteiger partial charge is 0.385 e. The molecule has 0 amide bonds. The molecular formula is C18H18BrFO. The summed E-state index contributed by atoms with van der Waals surface area (Å²) in [7, 11) is 0. The van der Waals surface area contributed by atoms with E-state index in [4.69, 9.17) is 0 Å². The molecule has 3 rings (SSSR count). The monoisotopic (exact) mass is 348 g/mol. The van der Waals surface area contributed by atoms with Crippen LogP contribution in [0.5, 0.6) is 0 Å². The van der Waals surface area contributed by atoms with E-state index in [1.807, 2.05) is 24.3 Å². The first kappa shape index (κ1) is 14.7. The van der Waals surface area contributed by atoms with Crippen molar-refractivity contribution in [1.29, 1.82) is 0 Å². The first-order chi connectivity index (χ1) is 10.1. The molecule has 0 aliphatic heterocycles. The molecule has 2 aromatic carbocycles. The summed E-state index contributed by atoms with van der Waals surface area (Å²) >= 11 is 3.30. The fourth-order valence-electron chi connectivity index (χ4n) is 3.24. The van der Waals surface area contributed by atoms with Crippen LogP contribution >= 0.6 is 15.9 Å². The third-order valence-corrected chi connectivity index (χ3v) is 5.21. The van der Waals surface area contributed by atoms with Gasteiger partial charge in [-0.15, -0.1) is 0 Å². The summed E-state index contributed by atoms with van der Waals surface area (Å²) in [6.45, 7) is 0. The Kier molecular flexibility index (Phi) is 4.14. The first-order valence-electron chi connectivity index (χ1n) is 7.34. The third kappa shape index (κ3) is 2.90. The van der Waals surface area contributed by atoms with Crippen LogP contribution in [0.1, 0.15) is 36.0 Å². The van der Waals surface area contributed by atoms with Crippen molar-refractivity contribution in [3.8, 4) is 0 Å². The van der Waals surface area contributed by atoms with Gasteiger partial charge in [-0.3, -0.25) is 0 Å². The van der Waals surface area contributed by atoms with Gasteiger partial charge in [0.1, 0.15) is 5.82 Å². The van der Waals surface area contributed by atoms with Gasteiger partial charge in [-0.25, -0.2) is 4.39 Å². The lowest BCUT2D eigenvalue weighted by molar-refractivity contribution is 0.0270. The van der Waals surface area contributed by atoms with Crippen LogP contribution in [0.15, 0.2) is 46.9 Å². The Morgan fingerprint density at radius 3 is 2.76 bits per heavy atom. The van der Waals surface area contributed by atoms with Crippen molar-refractivity contribution in [2.75, 3.05) is 0 Å². The number of aryl methyl sites for hydroxylation is 1. The quantitative estimate of drug-likeness (QED) is 0.776. The molecule has 3 heteroatoms. The molecule has 1 atom stereocenters. The highest BCUT2D eigenvalue weighted by Crippen LogP contribution is 2.38. The average Bonchev–Trinajstić information content (AvgIpc) is 2.64. The molecule has 1 aliphatic carbocycles. The van der Waals surface area contributed by atoms with Crippen molar-refractivity contribution in [3.05, 3.63) is 69.4 Å². The van der Waals surface area contributed by atoms with Gasteiger partial charge in [-0.2, -0.15) is 0 Å². The Morgan fingerprint density at radius 2 is 1.90 bits per heavy atom. The van der Waals surface area contributed by atoms with Crippen LogP contribution in [0.25, 0.3) is 0 Å². The summed E-state index contributed by atoms with van der Waals surface area (Å²) in [6.07, 6.45) is 4.22. The summed E-state index contributed by atoms with van der Waals surface area (Å²) in [5, 5.41) is 11.2. The molecule has 110 valence electrons. The number of hydrogen-bond donors (Lipinski definition) is 1. The zero-order valence-corrected chi connectivity index (χ0v) is 13.4. The van der Waals surface area contributed by atoms with Crippen molar-refractivity contribution in [3.63, 3.8) is 0 Å². The van der Waals surface area contributed by atoms with Gasteiger partial charge in [0.15, 0.2) is 0 Å². The van der Waals surface area contributed by atoms with Crippen LogP contribution < -0.4 is 0 Å². The fourth-order valence-corrected chi connectivity index (χ4v) is 3.65. The lowest BCUT2D eigenvalue weighted by Gasteiger charge is -2.29. The molecular weight excluding hydrogens is 331 g/mol. The molecule has 0 radical (unpaired) electrons. The SMILES string of the molecule is OC1(Cc2cccc(F)c2Br)CCCCc2ccccc21. The van der Waals surface area contributed by atoms with Gasteiger partial charge < -0.3 is 5.11 Å². The zero-order valence-electron chi connectivity index (χ0n) is 11.8. The minimum atomic E-state index is -0.913. The molecule has 0 fully saturated rings. The molecule has 0 heterocycles. The summed E-state index contributed by atoms with van der Waals surface area (Å²) in [4.78, 5) is 0. The molecule has 1 aliphatic rings. The number of aliphatic hydroxyl groups is 1. The van der Waals surface area contributed by atoms with Gasteiger partial charge in [-0.05, 0) is 64.4 Å². The van der Waals surface area contributed by atoms with Gasteiger partial charge >= 0.3 is 0 Å². The molecule has 1 unspecified atom stereocenters. The van der Waals surface area contributed by atoms with Gasteiger partial charge in [0.2, 0.25) is 0 Å². The Hall–Kier alpha value is -1.19. The topological polar surface area (TPSA) is 20.2 Å². The standard InChI is InChI=1S/C18H18BrFO/c19-17-14(8-5-10-16(17)20)12-18(21)11-4-3-7-13-6-1-2-9-15(13)18/h1-2,5-6,8-10,21H,3-4,7,11-12H2. The summed E-state index contributed by atoms with van der Waals surface area (Å²) in [5.41, 5.74) is 2.11. The van der Waals surface area contributed by atoms with Crippen LogP contribution in [-0.2, 0) is 18.4 Å². The predicted octanol–water partition coefficient (Wildman–Crippen LogP) is 4.74. The molecule has 1 N–H and O–H groups in total. The molecule has 0 spiro atoms. The van der Waals surface area contributed by atoms with E-state index in [1.54, 1.807) is 6.07 Å². The first-order valence-corrected chi connectivity index (χ1v) is 8.13.